The maximum absolute atomic E-state index is 12.8. The van der Waals surface area contributed by atoms with Gasteiger partial charge in [-0.05, 0) is 115 Å². The summed E-state index contributed by atoms with van der Waals surface area (Å²) in [6.07, 6.45) is 4.38. The summed E-state index contributed by atoms with van der Waals surface area (Å²) in [5, 5.41) is 40.0. The average molecular weight is 1070 g/mol. The highest BCUT2D eigenvalue weighted by molar-refractivity contribution is 5.83. The molecule has 0 aromatic heterocycles. The number of hydrogen-bond acceptors (Lipinski definition) is 18. The molecular weight excluding hydrogens is 975 g/mol. The maximum Gasteiger partial charge on any atom is 0.308 e. The largest absolute Gasteiger partial charge is 0.494 e. The first-order valence-corrected chi connectivity index (χ1v) is 28.0. The maximum atomic E-state index is 12.8. The van der Waals surface area contributed by atoms with Gasteiger partial charge in [-0.2, -0.15) is 0 Å². The number of methoxy groups -OCH3 is 1. The fourth-order valence-corrected chi connectivity index (χ4v) is 10.8. The summed E-state index contributed by atoms with van der Waals surface area (Å²) in [7, 11) is 3.73. The highest BCUT2D eigenvalue weighted by atomic mass is 17.1. The van der Waals surface area contributed by atoms with Gasteiger partial charge in [0.1, 0.15) is 29.8 Å². The van der Waals surface area contributed by atoms with Gasteiger partial charge in [0.05, 0.1) is 55.3 Å². The normalized spacial score (nSPS) is 32.1. The molecule has 0 aliphatic carbocycles. The third kappa shape index (κ3) is 19.5. The first kappa shape index (κ1) is 66.4. The average Bonchev–Trinajstić information content (AvgIpc) is 3.86. The zero-order chi connectivity index (χ0) is 56.9. The lowest BCUT2D eigenvalue weighted by molar-refractivity contribution is -0.338. The highest BCUT2D eigenvalue weighted by Crippen LogP contribution is 2.35. The van der Waals surface area contributed by atoms with E-state index in [4.69, 9.17) is 50.4 Å². The molecule has 15 atom stereocenters. The molecule has 0 radical (unpaired) electrons. The molecule has 2 aromatic carbocycles. The molecule has 0 spiro atoms. The number of carbonyl (C=O) groups is 2. The summed E-state index contributed by atoms with van der Waals surface area (Å²) in [6, 6.07) is 17.1. The first-order chi connectivity index (χ1) is 36.1. The molecule has 18 heteroatoms. The third-order valence-corrected chi connectivity index (χ3v) is 15.0. The van der Waals surface area contributed by atoms with E-state index in [0.717, 1.165) is 49.4 Å². The van der Waals surface area contributed by atoms with Crippen molar-refractivity contribution >= 4 is 23.1 Å². The van der Waals surface area contributed by atoms with Crippen LogP contribution in [0.3, 0.4) is 0 Å². The second-order valence-electron chi connectivity index (χ2n) is 21.1. The molecule has 2 aromatic rings. The Labute approximate surface area is 455 Å². The van der Waals surface area contributed by atoms with Crippen molar-refractivity contribution in [2.75, 3.05) is 51.9 Å². The van der Waals surface area contributed by atoms with Crippen LogP contribution in [-0.4, -0.2) is 156 Å². The van der Waals surface area contributed by atoms with Crippen molar-refractivity contribution in [3.8, 4) is 5.75 Å². The quantitative estimate of drug-likeness (QED) is 0.0373. The number of para-hydroxylation sites is 1. The van der Waals surface area contributed by atoms with Gasteiger partial charge in [0.25, 0.3) is 0 Å². The van der Waals surface area contributed by atoms with Crippen LogP contribution in [-0.2, 0) is 44.6 Å². The van der Waals surface area contributed by atoms with Crippen molar-refractivity contribution in [2.24, 2.45) is 35.2 Å². The second-order valence-corrected chi connectivity index (χ2v) is 21.1. The van der Waals surface area contributed by atoms with Crippen LogP contribution in [0, 0.1) is 23.7 Å². The van der Waals surface area contributed by atoms with Crippen LogP contribution >= 0.6 is 0 Å². The van der Waals surface area contributed by atoms with E-state index in [1.807, 2.05) is 72.7 Å². The fraction of sp³-hybridized carbons (Fsp3) is 0.724. The molecule has 5 aliphatic heterocycles. The van der Waals surface area contributed by atoms with E-state index in [2.05, 4.69) is 52.9 Å². The molecule has 18 nitrogen and oxygen atoms in total. The molecule has 76 heavy (non-hydrogen) atoms. The van der Waals surface area contributed by atoms with Gasteiger partial charge in [-0.3, -0.25) is 14.8 Å². The number of hydrazine groups is 1. The minimum absolute atomic E-state index is 0.0431. The Morgan fingerprint density at radius 3 is 2.17 bits per heavy atom. The van der Waals surface area contributed by atoms with E-state index >= 15 is 0 Å². The van der Waals surface area contributed by atoms with Crippen LogP contribution in [0.25, 0.3) is 5.70 Å². The lowest BCUT2D eigenvalue weighted by Crippen LogP contribution is -2.52. The molecule has 4 saturated heterocycles. The van der Waals surface area contributed by atoms with E-state index in [9.17, 15) is 19.8 Å². The second kappa shape index (κ2) is 32.9. The number of carbonyl (C=O) groups excluding carboxylic acids is 2. The highest BCUT2D eigenvalue weighted by Gasteiger charge is 2.46. The van der Waals surface area contributed by atoms with Crippen LogP contribution in [0.4, 0.5) is 5.69 Å². The number of rotatable bonds is 13. The van der Waals surface area contributed by atoms with E-state index < -0.39 is 30.2 Å². The molecule has 7 rings (SSSR count). The minimum Gasteiger partial charge on any atom is -0.494 e. The van der Waals surface area contributed by atoms with Gasteiger partial charge >= 0.3 is 5.97 Å². The molecule has 2 bridgehead atoms. The van der Waals surface area contributed by atoms with Gasteiger partial charge in [0, 0.05) is 74.4 Å². The summed E-state index contributed by atoms with van der Waals surface area (Å²) in [6.45, 7) is 26.0. The summed E-state index contributed by atoms with van der Waals surface area (Å²) in [4.78, 5) is 33.8. The van der Waals surface area contributed by atoms with Crippen LogP contribution in [0.15, 0.2) is 54.7 Å². The van der Waals surface area contributed by atoms with E-state index in [1.54, 1.807) is 46.0 Å². The van der Waals surface area contributed by atoms with Crippen molar-refractivity contribution in [1.82, 2.24) is 9.91 Å². The number of anilines is 1. The van der Waals surface area contributed by atoms with Crippen molar-refractivity contribution in [1.29, 1.82) is 0 Å². The molecular formula is C58H99N5O13. The minimum atomic E-state index is -1.42. The Hall–Kier alpha value is -3.92. The Bertz CT molecular complexity index is 1990. The first-order valence-electron chi connectivity index (χ1n) is 28.0. The number of ether oxygens (including phenoxy) is 6. The Morgan fingerprint density at radius 1 is 0.895 bits per heavy atom. The monoisotopic (exact) mass is 1070 g/mol. The van der Waals surface area contributed by atoms with Crippen molar-refractivity contribution in [2.45, 2.75) is 201 Å². The standard InChI is InChI=1S/C29H43N5O3.C18H30O6.C7H14O4.2C2H6/c1-21(33-15-13-23-7-4-5-8-27(23)33)20-34(31)28(19-30)24-9-11-26(12-10-24)36-16-6-14-32(3)25-17-22(2)37-29(35)18-25;1-10-6-13(22-5)8-14-7-11(2)17(20)23-9-18(4,21)16(24-14)12(3)15(10)19;1-4-3-6(8)10-5(2)7(4)11-9;2*1-2/h4-5,7-12,19,21-22,25,29,35H,6,13-18,20,30-31H2,1-3H3;10-14,16,21H,6-9H2,1-5H3;4-9H,3H2,1-2H3;2*1-2H3/b28-19-;;;;/t;10-,11?,12?,13?,14+,16?,18-;4?,5?,6-,7-;;/m.11../s1. The number of cyclic esters (lactones) is 1. The van der Waals surface area contributed by atoms with Gasteiger partial charge in [-0.25, -0.2) is 10.7 Å². The zero-order valence-electron chi connectivity index (χ0n) is 48.4. The molecule has 434 valence electrons. The molecule has 4 fully saturated rings. The molecule has 10 unspecified atom stereocenters. The van der Waals surface area contributed by atoms with Crippen LogP contribution in [0.5, 0.6) is 5.75 Å². The summed E-state index contributed by atoms with van der Waals surface area (Å²) >= 11 is 0. The van der Waals surface area contributed by atoms with Crippen LogP contribution < -0.4 is 21.2 Å². The Kier molecular flexibility index (Phi) is 28.7. The number of hydrogen-bond donors (Lipinski definition) is 6. The number of esters is 1. The van der Waals surface area contributed by atoms with Crippen molar-refractivity contribution in [3.05, 3.63) is 65.9 Å². The number of ketones is 1. The topological polar surface area (TPSA) is 241 Å². The SMILES string of the molecule is CC.CC.CC1CC(N(C)CCCOc2ccc(/C(=C/N)N(N)CC(C)N3CCc4ccccc43)cc2)CC(O)O1.CC1C[C@H](O)OC(C)[C@@H]1OO.COC1C[C@@H]2CC(C)C(=O)OC[C@@](C)(O)C(O2)C(C)C(=O)[C@H](C)C1. The molecule has 5 aliphatic rings. The number of Topliss-reactive ketones (excluding diaryl/α,β-unsaturated/α-hetero) is 1. The van der Waals surface area contributed by atoms with Crippen LogP contribution in [0.2, 0.25) is 0 Å². The molecule has 8 N–H and O–H groups in total. The van der Waals surface area contributed by atoms with E-state index in [1.165, 1.54) is 11.3 Å². The van der Waals surface area contributed by atoms with E-state index in [-0.39, 0.29) is 72.7 Å². The lowest BCUT2D eigenvalue weighted by Gasteiger charge is -2.37. The number of nitrogens with two attached hydrogens (primary N) is 2. The Balaban J connectivity index is 0.000000332. The summed E-state index contributed by atoms with van der Waals surface area (Å²) in [5.74, 6) is 6.15. The number of fused-ring (bicyclic) bond motifs is 3. The van der Waals surface area contributed by atoms with Gasteiger partial charge in [0.2, 0.25) is 0 Å². The fourth-order valence-electron chi connectivity index (χ4n) is 10.8. The van der Waals surface area contributed by atoms with Gasteiger partial charge < -0.3 is 64.3 Å². The van der Waals surface area contributed by atoms with Gasteiger partial charge in [-0.15, -0.1) is 0 Å². The number of aliphatic hydroxyl groups excluding tert-OH is 2. The van der Waals surface area contributed by atoms with Crippen molar-refractivity contribution < 1.29 is 63.5 Å². The van der Waals surface area contributed by atoms with Crippen LogP contribution in [0.1, 0.15) is 139 Å². The summed E-state index contributed by atoms with van der Waals surface area (Å²) in [5.41, 5.74) is 9.03. The molecule has 5 heterocycles. The van der Waals surface area contributed by atoms with Gasteiger partial charge in [-0.1, -0.05) is 73.6 Å². The third-order valence-electron chi connectivity index (χ3n) is 15.0. The lowest BCUT2D eigenvalue weighted by atomic mass is 9.82. The predicted octanol–water partition coefficient (Wildman–Crippen LogP) is 7.54. The van der Waals surface area contributed by atoms with Gasteiger partial charge in [0.15, 0.2) is 12.6 Å². The molecule has 0 saturated carbocycles. The van der Waals surface area contributed by atoms with Crippen molar-refractivity contribution in [3.63, 3.8) is 0 Å². The predicted molar refractivity (Wildman–Crippen MR) is 297 cm³/mol. The summed E-state index contributed by atoms with van der Waals surface area (Å²) < 4.78 is 33.4. The number of benzene rings is 2. The Morgan fingerprint density at radius 2 is 1.55 bits per heavy atom. The number of aliphatic hydroxyl groups is 3. The number of nitrogens with zero attached hydrogens (tertiary/aromatic N) is 3. The zero-order valence-corrected chi connectivity index (χ0v) is 48.4. The molecule has 0 amide bonds. The van der Waals surface area contributed by atoms with E-state index in [0.29, 0.717) is 51.3 Å². The smallest absolute Gasteiger partial charge is 0.308 e.